The van der Waals surface area contributed by atoms with E-state index in [-0.39, 0.29) is 0 Å². The Morgan fingerprint density at radius 2 is 0.818 bits per heavy atom. The SMILES string of the molecule is c1ccc(-c2ccc(-c3cccc(-c4cccc5c4oc4c(-c6ccc7c(c6)sc6ccccc67)cccc45)c3)cc2)cc1. The monoisotopic (exact) mass is 578 g/mol. The van der Waals surface area contributed by atoms with Crippen LogP contribution in [0.3, 0.4) is 0 Å². The molecule has 7 aromatic carbocycles. The molecule has 0 aliphatic carbocycles. The van der Waals surface area contributed by atoms with Crippen molar-refractivity contribution in [1.82, 2.24) is 0 Å². The zero-order valence-electron chi connectivity index (χ0n) is 23.8. The van der Waals surface area contributed by atoms with Gasteiger partial charge in [-0.2, -0.15) is 0 Å². The molecule has 0 amide bonds. The van der Waals surface area contributed by atoms with Gasteiger partial charge in [0.25, 0.3) is 0 Å². The highest BCUT2D eigenvalue weighted by molar-refractivity contribution is 7.25. The van der Waals surface area contributed by atoms with Gasteiger partial charge in [0.15, 0.2) is 0 Å². The summed E-state index contributed by atoms with van der Waals surface area (Å²) in [5, 5.41) is 4.91. The molecule has 0 aliphatic rings. The van der Waals surface area contributed by atoms with Crippen molar-refractivity contribution in [2.75, 3.05) is 0 Å². The van der Waals surface area contributed by atoms with E-state index in [1.54, 1.807) is 0 Å². The van der Waals surface area contributed by atoms with Gasteiger partial charge in [-0.15, -0.1) is 11.3 Å². The van der Waals surface area contributed by atoms with Crippen LogP contribution < -0.4 is 0 Å². The van der Waals surface area contributed by atoms with Crippen molar-refractivity contribution < 1.29 is 4.42 Å². The highest BCUT2D eigenvalue weighted by atomic mass is 32.1. The van der Waals surface area contributed by atoms with Crippen LogP contribution in [0.1, 0.15) is 0 Å². The number of hydrogen-bond donors (Lipinski definition) is 0. The summed E-state index contributed by atoms with van der Waals surface area (Å²) in [6, 6.07) is 56.6. The van der Waals surface area contributed by atoms with E-state index in [0.717, 1.165) is 38.6 Å². The van der Waals surface area contributed by atoms with Crippen LogP contribution in [0.4, 0.5) is 0 Å². The molecule has 206 valence electrons. The van der Waals surface area contributed by atoms with Gasteiger partial charge in [0, 0.05) is 42.1 Å². The predicted octanol–water partition coefficient (Wildman–Crippen LogP) is 12.6. The summed E-state index contributed by atoms with van der Waals surface area (Å²) in [4.78, 5) is 0. The third kappa shape index (κ3) is 4.07. The van der Waals surface area contributed by atoms with Crippen molar-refractivity contribution >= 4 is 53.4 Å². The number of furan rings is 1. The van der Waals surface area contributed by atoms with Crippen molar-refractivity contribution in [3.8, 4) is 44.5 Å². The molecule has 2 heteroatoms. The number of fused-ring (bicyclic) bond motifs is 6. The van der Waals surface area contributed by atoms with E-state index >= 15 is 0 Å². The van der Waals surface area contributed by atoms with Gasteiger partial charge >= 0.3 is 0 Å². The Balaban J connectivity index is 1.14. The molecule has 0 N–H and O–H groups in total. The molecule has 0 spiro atoms. The molecule has 1 nitrogen and oxygen atoms in total. The van der Waals surface area contributed by atoms with Crippen LogP contribution in [0.5, 0.6) is 0 Å². The lowest BCUT2D eigenvalue weighted by Gasteiger charge is -2.08. The van der Waals surface area contributed by atoms with Gasteiger partial charge in [-0.05, 0) is 51.6 Å². The normalized spacial score (nSPS) is 11.6. The second-order valence-electron chi connectivity index (χ2n) is 11.3. The summed E-state index contributed by atoms with van der Waals surface area (Å²) in [7, 11) is 0. The van der Waals surface area contributed by atoms with E-state index in [0.29, 0.717) is 0 Å². The summed E-state index contributed by atoms with van der Waals surface area (Å²) in [6.45, 7) is 0. The molecule has 0 bridgehead atoms. The molecule has 0 aliphatic heterocycles. The molecule has 44 heavy (non-hydrogen) atoms. The average Bonchev–Trinajstić information content (AvgIpc) is 3.67. The Morgan fingerprint density at radius 3 is 1.57 bits per heavy atom. The lowest BCUT2D eigenvalue weighted by atomic mass is 9.96. The van der Waals surface area contributed by atoms with Crippen LogP contribution in [0.2, 0.25) is 0 Å². The zero-order valence-corrected chi connectivity index (χ0v) is 24.6. The molecule has 9 rings (SSSR count). The second kappa shape index (κ2) is 10.1. The largest absolute Gasteiger partial charge is 0.455 e. The Kier molecular flexibility index (Phi) is 5.75. The Bertz CT molecular complexity index is 2480. The van der Waals surface area contributed by atoms with Crippen molar-refractivity contribution in [3.05, 3.63) is 158 Å². The smallest absolute Gasteiger partial charge is 0.143 e. The third-order valence-corrected chi connectivity index (χ3v) is 9.85. The van der Waals surface area contributed by atoms with Crippen LogP contribution in [-0.4, -0.2) is 0 Å². The number of thiophene rings is 1. The minimum absolute atomic E-state index is 0.925. The topological polar surface area (TPSA) is 13.1 Å². The van der Waals surface area contributed by atoms with Crippen LogP contribution in [0.25, 0.3) is 86.6 Å². The highest BCUT2D eigenvalue weighted by Crippen LogP contribution is 2.42. The third-order valence-electron chi connectivity index (χ3n) is 8.71. The van der Waals surface area contributed by atoms with E-state index in [1.807, 2.05) is 11.3 Å². The first-order valence-electron chi connectivity index (χ1n) is 14.9. The molecule has 0 fully saturated rings. The standard InChI is InChI=1S/C42H26OS/c1-2-9-27(10-3-1)28-19-21-29(22-20-28)30-11-6-12-31(25-30)33-14-7-16-37-38-17-8-15-34(42(38)43-41(33)37)32-23-24-36-35-13-4-5-18-39(35)44-40(36)26-32/h1-26H. The van der Waals surface area contributed by atoms with Gasteiger partial charge in [0.1, 0.15) is 11.2 Å². The Hall–Kier alpha value is -5.44. The van der Waals surface area contributed by atoms with E-state index in [9.17, 15) is 0 Å². The summed E-state index contributed by atoms with van der Waals surface area (Å²) >= 11 is 1.85. The fraction of sp³-hybridized carbons (Fsp3) is 0. The highest BCUT2D eigenvalue weighted by Gasteiger charge is 2.17. The first-order valence-corrected chi connectivity index (χ1v) is 15.7. The van der Waals surface area contributed by atoms with Gasteiger partial charge in [0.2, 0.25) is 0 Å². The average molecular weight is 579 g/mol. The quantitative estimate of drug-likeness (QED) is 0.202. The summed E-state index contributed by atoms with van der Waals surface area (Å²) in [6.07, 6.45) is 0. The fourth-order valence-electron chi connectivity index (χ4n) is 6.52. The first-order chi connectivity index (χ1) is 21.8. The van der Waals surface area contributed by atoms with Crippen LogP contribution in [-0.2, 0) is 0 Å². The summed E-state index contributed by atoms with van der Waals surface area (Å²) < 4.78 is 9.43. The molecule has 0 radical (unpaired) electrons. The van der Waals surface area contributed by atoms with Crippen LogP contribution in [0.15, 0.2) is 162 Å². The van der Waals surface area contributed by atoms with Crippen molar-refractivity contribution in [2.45, 2.75) is 0 Å². The number of para-hydroxylation sites is 2. The van der Waals surface area contributed by atoms with E-state index in [1.165, 1.54) is 48.0 Å². The second-order valence-corrected chi connectivity index (χ2v) is 12.4. The van der Waals surface area contributed by atoms with Crippen LogP contribution in [0, 0.1) is 0 Å². The van der Waals surface area contributed by atoms with Gasteiger partial charge < -0.3 is 4.42 Å². The Morgan fingerprint density at radius 1 is 0.318 bits per heavy atom. The number of hydrogen-bond acceptors (Lipinski definition) is 2. The van der Waals surface area contributed by atoms with Gasteiger partial charge in [-0.3, -0.25) is 0 Å². The lowest BCUT2D eigenvalue weighted by Crippen LogP contribution is -1.83. The molecule has 9 aromatic rings. The van der Waals surface area contributed by atoms with Gasteiger partial charge in [-0.1, -0.05) is 140 Å². The molecule has 0 atom stereocenters. The van der Waals surface area contributed by atoms with Crippen molar-refractivity contribution in [3.63, 3.8) is 0 Å². The maximum absolute atomic E-state index is 6.81. The van der Waals surface area contributed by atoms with E-state index in [2.05, 4.69) is 158 Å². The van der Waals surface area contributed by atoms with Crippen molar-refractivity contribution in [1.29, 1.82) is 0 Å². The summed E-state index contributed by atoms with van der Waals surface area (Å²) in [5.41, 5.74) is 11.2. The molecule has 0 saturated carbocycles. The number of benzene rings is 7. The number of rotatable bonds is 4. The lowest BCUT2D eigenvalue weighted by molar-refractivity contribution is 0.671. The maximum atomic E-state index is 6.81. The van der Waals surface area contributed by atoms with Crippen molar-refractivity contribution in [2.24, 2.45) is 0 Å². The molecule has 0 unspecified atom stereocenters. The zero-order chi connectivity index (χ0) is 29.0. The minimum Gasteiger partial charge on any atom is -0.455 e. The Labute approximate surface area is 259 Å². The minimum atomic E-state index is 0.925. The van der Waals surface area contributed by atoms with Gasteiger partial charge in [-0.25, -0.2) is 0 Å². The first kappa shape index (κ1) is 25.1. The summed E-state index contributed by atoms with van der Waals surface area (Å²) in [5.74, 6) is 0. The van der Waals surface area contributed by atoms with Gasteiger partial charge in [0.05, 0.1) is 0 Å². The van der Waals surface area contributed by atoms with E-state index in [4.69, 9.17) is 4.42 Å². The molecular formula is C42H26OS. The molecule has 0 saturated heterocycles. The fourth-order valence-corrected chi connectivity index (χ4v) is 7.67. The molecular weight excluding hydrogens is 553 g/mol. The maximum Gasteiger partial charge on any atom is 0.143 e. The van der Waals surface area contributed by atoms with E-state index < -0.39 is 0 Å². The molecule has 2 heterocycles. The predicted molar refractivity (Wildman–Crippen MR) is 188 cm³/mol. The van der Waals surface area contributed by atoms with Crippen LogP contribution >= 0.6 is 11.3 Å². The molecule has 2 aromatic heterocycles.